The van der Waals surface area contributed by atoms with Gasteiger partial charge in [-0.3, -0.25) is 0 Å². The van der Waals surface area contributed by atoms with E-state index < -0.39 is 11.9 Å². The molecule has 140 valence electrons. The van der Waals surface area contributed by atoms with E-state index >= 15 is 0 Å². The van der Waals surface area contributed by atoms with Crippen LogP contribution < -0.4 is 14.7 Å². The predicted octanol–water partition coefficient (Wildman–Crippen LogP) is 3.03. The molecule has 1 aromatic heterocycles. The lowest BCUT2D eigenvalue weighted by Gasteiger charge is -2.37. The van der Waals surface area contributed by atoms with E-state index in [0.29, 0.717) is 31.9 Å². The van der Waals surface area contributed by atoms with Crippen molar-refractivity contribution in [2.45, 2.75) is 6.18 Å². The van der Waals surface area contributed by atoms with E-state index in [1.807, 2.05) is 4.90 Å². The lowest BCUT2D eigenvalue weighted by molar-refractivity contribution is -0.141. The van der Waals surface area contributed by atoms with Gasteiger partial charge in [-0.05, 0) is 12.1 Å². The molecular weight excluding hydrogens is 350 g/mol. The van der Waals surface area contributed by atoms with E-state index in [4.69, 9.17) is 0 Å². The monoisotopic (exact) mass is 369 g/mol. The first kappa shape index (κ1) is 18.2. The molecule has 1 fully saturated rings. The fraction of sp³-hybridized carbons (Fsp3) is 0.412. The zero-order valence-electron chi connectivity index (χ0n) is 14.5. The van der Waals surface area contributed by atoms with Crippen LogP contribution in [0, 0.1) is 5.82 Å². The summed E-state index contributed by atoms with van der Waals surface area (Å²) in [6.45, 7) is 1.86. The molecule has 0 amide bonds. The summed E-state index contributed by atoms with van der Waals surface area (Å²) in [4.78, 5) is 12.9. The third kappa shape index (κ3) is 3.81. The molecule has 5 nitrogen and oxygen atoms in total. The van der Waals surface area contributed by atoms with E-state index in [1.54, 1.807) is 37.2 Å². The van der Waals surface area contributed by atoms with Crippen LogP contribution in [-0.2, 0) is 6.18 Å². The van der Waals surface area contributed by atoms with Gasteiger partial charge in [-0.25, -0.2) is 9.37 Å². The van der Waals surface area contributed by atoms with Crippen LogP contribution in [0.5, 0.6) is 0 Å². The van der Waals surface area contributed by atoms with Crippen molar-refractivity contribution in [2.75, 3.05) is 55.0 Å². The quantitative estimate of drug-likeness (QED) is 0.778. The Morgan fingerprint density at radius 1 is 0.962 bits per heavy atom. The van der Waals surface area contributed by atoms with E-state index in [-0.39, 0.29) is 17.6 Å². The average molecular weight is 369 g/mol. The molecular formula is C17H19F4N5. The fourth-order valence-corrected chi connectivity index (χ4v) is 2.81. The normalized spacial score (nSPS) is 15.3. The number of nitrogens with zero attached hydrogens (tertiary/aromatic N) is 5. The summed E-state index contributed by atoms with van der Waals surface area (Å²) in [5.74, 6) is -0.0761. The van der Waals surface area contributed by atoms with Crippen molar-refractivity contribution < 1.29 is 17.6 Å². The third-order valence-electron chi connectivity index (χ3n) is 4.19. The summed E-state index contributed by atoms with van der Waals surface area (Å²) < 4.78 is 53.3. The number of hydrogen-bond donors (Lipinski definition) is 0. The van der Waals surface area contributed by atoms with Gasteiger partial charge in [0.1, 0.15) is 11.6 Å². The summed E-state index contributed by atoms with van der Waals surface area (Å²) >= 11 is 0. The smallest absolute Gasteiger partial charge is 0.366 e. The van der Waals surface area contributed by atoms with Crippen LogP contribution in [0.2, 0.25) is 0 Å². The highest BCUT2D eigenvalue weighted by atomic mass is 19.4. The molecule has 3 rings (SSSR count). The second kappa shape index (κ2) is 6.97. The Morgan fingerprint density at radius 2 is 1.58 bits per heavy atom. The molecule has 1 aromatic carbocycles. The second-order valence-corrected chi connectivity index (χ2v) is 6.23. The van der Waals surface area contributed by atoms with Crippen LogP contribution in [-0.4, -0.2) is 50.2 Å². The number of alkyl halides is 3. The van der Waals surface area contributed by atoms with Gasteiger partial charge < -0.3 is 14.7 Å². The molecule has 0 saturated carbocycles. The number of piperazine rings is 1. The average Bonchev–Trinajstić information content (AvgIpc) is 2.61. The Bertz CT molecular complexity index is 770. The maximum absolute atomic E-state index is 13.9. The fourth-order valence-electron chi connectivity index (χ4n) is 2.81. The van der Waals surface area contributed by atoms with Crippen LogP contribution in [0.25, 0.3) is 0 Å². The lowest BCUT2D eigenvalue weighted by atomic mass is 10.2. The molecule has 0 radical (unpaired) electrons. The number of anilines is 3. The van der Waals surface area contributed by atoms with Crippen molar-refractivity contribution in [1.82, 2.24) is 9.97 Å². The van der Waals surface area contributed by atoms with Crippen molar-refractivity contribution in [3.8, 4) is 0 Å². The number of benzene rings is 1. The summed E-state index contributed by atoms with van der Waals surface area (Å²) in [5, 5.41) is 0. The highest BCUT2D eigenvalue weighted by molar-refractivity contribution is 5.52. The minimum absolute atomic E-state index is 0.00589. The van der Waals surface area contributed by atoms with Gasteiger partial charge in [-0.2, -0.15) is 18.2 Å². The predicted molar refractivity (Wildman–Crippen MR) is 92.2 cm³/mol. The number of rotatable bonds is 3. The molecule has 1 saturated heterocycles. The molecule has 0 atom stereocenters. The van der Waals surface area contributed by atoms with Crippen molar-refractivity contribution in [1.29, 1.82) is 0 Å². The minimum Gasteiger partial charge on any atom is -0.366 e. The molecule has 0 unspecified atom stereocenters. The zero-order valence-corrected chi connectivity index (χ0v) is 14.5. The SMILES string of the molecule is CN(C)c1nc(N2CCN(c3ccccc3F)CC2)cc(C(F)(F)F)n1. The highest BCUT2D eigenvalue weighted by Gasteiger charge is 2.35. The van der Waals surface area contributed by atoms with Crippen LogP contribution in [0.1, 0.15) is 5.69 Å². The van der Waals surface area contributed by atoms with Gasteiger partial charge in [0.25, 0.3) is 0 Å². The summed E-state index contributed by atoms with van der Waals surface area (Å²) in [6.07, 6.45) is -4.54. The molecule has 2 heterocycles. The van der Waals surface area contributed by atoms with Crippen LogP contribution in [0.4, 0.5) is 35.0 Å². The number of para-hydroxylation sites is 1. The van der Waals surface area contributed by atoms with Gasteiger partial charge in [-0.15, -0.1) is 0 Å². The Morgan fingerprint density at radius 3 is 2.15 bits per heavy atom. The van der Waals surface area contributed by atoms with Crippen molar-refractivity contribution >= 4 is 17.5 Å². The largest absolute Gasteiger partial charge is 0.433 e. The highest BCUT2D eigenvalue weighted by Crippen LogP contribution is 2.31. The zero-order chi connectivity index (χ0) is 18.9. The van der Waals surface area contributed by atoms with Gasteiger partial charge in [0.15, 0.2) is 5.69 Å². The summed E-state index contributed by atoms with van der Waals surface area (Å²) in [6, 6.07) is 7.43. The Kier molecular flexibility index (Phi) is 4.88. The molecule has 26 heavy (non-hydrogen) atoms. The van der Waals surface area contributed by atoms with Crippen molar-refractivity contribution in [2.24, 2.45) is 0 Å². The van der Waals surface area contributed by atoms with Crippen LogP contribution in [0.15, 0.2) is 30.3 Å². The molecule has 1 aliphatic rings. The first-order valence-electron chi connectivity index (χ1n) is 8.14. The second-order valence-electron chi connectivity index (χ2n) is 6.23. The van der Waals surface area contributed by atoms with E-state index in [9.17, 15) is 17.6 Å². The number of hydrogen-bond acceptors (Lipinski definition) is 5. The Hall–Kier alpha value is -2.58. The molecule has 2 aromatic rings. The lowest BCUT2D eigenvalue weighted by Crippen LogP contribution is -2.47. The van der Waals surface area contributed by atoms with E-state index in [0.717, 1.165) is 6.07 Å². The summed E-state index contributed by atoms with van der Waals surface area (Å²) in [7, 11) is 3.19. The number of halogens is 4. The van der Waals surface area contributed by atoms with Crippen LogP contribution in [0.3, 0.4) is 0 Å². The number of aromatic nitrogens is 2. The van der Waals surface area contributed by atoms with Gasteiger partial charge in [-0.1, -0.05) is 12.1 Å². The maximum Gasteiger partial charge on any atom is 0.433 e. The van der Waals surface area contributed by atoms with Crippen LogP contribution >= 0.6 is 0 Å². The van der Waals surface area contributed by atoms with Gasteiger partial charge in [0, 0.05) is 46.3 Å². The third-order valence-corrected chi connectivity index (χ3v) is 4.19. The van der Waals surface area contributed by atoms with Gasteiger partial charge in [0.2, 0.25) is 5.95 Å². The Labute approximate surface area is 148 Å². The van der Waals surface area contributed by atoms with E-state index in [1.165, 1.54) is 11.0 Å². The molecule has 0 spiro atoms. The molecule has 0 N–H and O–H groups in total. The van der Waals surface area contributed by atoms with E-state index in [2.05, 4.69) is 9.97 Å². The molecule has 1 aliphatic heterocycles. The van der Waals surface area contributed by atoms with Gasteiger partial charge in [0.05, 0.1) is 5.69 Å². The first-order chi connectivity index (χ1) is 12.3. The van der Waals surface area contributed by atoms with Crippen molar-refractivity contribution in [3.05, 3.63) is 41.8 Å². The maximum atomic E-state index is 13.9. The minimum atomic E-state index is -4.54. The molecule has 9 heteroatoms. The topological polar surface area (TPSA) is 35.5 Å². The Balaban J connectivity index is 1.81. The first-order valence-corrected chi connectivity index (χ1v) is 8.14. The molecule has 0 bridgehead atoms. The molecule has 0 aliphatic carbocycles. The summed E-state index contributed by atoms with van der Waals surface area (Å²) in [5.41, 5.74) is -0.470. The standard InChI is InChI=1S/C17H19F4N5/c1-24(2)16-22-14(17(19,20)21)11-15(23-16)26-9-7-25(8-10-26)13-6-4-3-5-12(13)18/h3-6,11H,7-10H2,1-2H3. The van der Waals surface area contributed by atoms with Gasteiger partial charge >= 0.3 is 6.18 Å². The van der Waals surface area contributed by atoms with Crippen molar-refractivity contribution in [3.63, 3.8) is 0 Å².